The van der Waals surface area contributed by atoms with Crippen LogP contribution in [0.5, 0.6) is 0 Å². The number of nitrogens with zero attached hydrogens (tertiary/aromatic N) is 1. The Morgan fingerprint density at radius 1 is 1.30 bits per heavy atom. The van der Waals surface area contributed by atoms with E-state index in [9.17, 15) is 18.0 Å². The molecule has 0 aromatic heterocycles. The largest absolute Gasteiger partial charge is 0.356 e. The molecule has 0 spiro atoms. The summed E-state index contributed by atoms with van der Waals surface area (Å²) < 4.78 is 22.9. The van der Waals surface area contributed by atoms with Crippen molar-refractivity contribution < 1.29 is 18.0 Å². The van der Waals surface area contributed by atoms with Gasteiger partial charge in [-0.05, 0) is 25.2 Å². The van der Waals surface area contributed by atoms with Gasteiger partial charge >= 0.3 is 0 Å². The quantitative estimate of drug-likeness (QED) is 0.782. The molecule has 2 aliphatic heterocycles. The lowest BCUT2D eigenvalue weighted by Gasteiger charge is -2.34. The van der Waals surface area contributed by atoms with Gasteiger partial charge < -0.3 is 10.2 Å². The topological polar surface area (TPSA) is 83.6 Å². The zero-order chi connectivity index (χ0) is 14.8. The molecular weight excluding hydrogens is 280 g/mol. The maximum atomic E-state index is 12.3. The van der Waals surface area contributed by atoms with Crippen LogP contribution >= 0.6 is 0 Å². The van der Waals surface area contributed by atoms with E-state index in [1.54, 1.807) is 4.90 Å². The zero-order valence-electron chi connectivity index (χ0n) is 11.8. The molecule has 0 aromatic rings. The third-order valence-electron chi connectivity index (χ3n) is 4.05. The molecule has 2 atom stereocenters. The molecule has 2 aliphatic rings. The van der Waals surface area contributed by atoms with E-state index in [2.05, 4.69) is 5.32 Å². The summed E-state index contributed by atoms with van der Waals surface area (Å²) in [5.41, 5.74) is 0. The standard InChI is InChI=1S/C13H22N2O4S/c1-10(16)14-7-11-3-2-5-15(8-11)13(17)12-4-6-20(18,19)9-12/h11-12H,2-9H2,1H3,(H,14,16)/t11-,12+/m1/s1. The summed E-state index contributed by atoms with van der Waals surface area (Å²) in [5, 5.41) is 2.78. The van der Waals surface area contributed by atoms with Crippen LogP contribution in [-0.2, 0) is 19.4 Å². The normalized spacial score (nSPS) is 29.1. The van der Waals surface area contributed by atoms with Gasteiger partial charge in [0.2, 0.25) is 11.8 Å². The van der Waals surface area contributed by atoms with Gasteiger partial charge in [0.15, 0.2) is 9.84 Å². The van der Waals surface area contributed by atoms with E-state index in [0.29, 0.717) is 26.1 Å². The van der Waals surface area contributed by atoms with Crippen LogP contribution in [0.25, 0.3) is 0 Å². The molecule has 2 heterocycles. The third-order valence-corrected chi connectivity index (χ3v) is 5.82. The molecule has 7 heteroatoms. The van der Waals surface area contributed by atoms with Crippen LogP contribution < -0.4 is 5.32 Å². The molecule has 0 aromatic carbocycles. The highest BCUT2D eigenvalue weighted by molar-refractivity contribution is 7.91. The molecular formula is C13H22N2O4S. The Hall–Kier alpha value is -1.11. The predicted molar refractivity (Wildman–Crippen MR) is 74.7 cm³/mol. The molecule has 0 aliphatic carbocycles. The van der Waals surface area contributed by atoms with Gasteiger partial charge in [0.05, 0.1) is 17.4 Å². The minimum atomic E-state index is -3.02. The van der Waals surface area contributed by atoms with Crippen molar-refractivity contribution >= 4 is 21.7 Å². The van der Waals surface area contributed by atoms with Gasteiger partial charge in [-0.25, -0.2) is 8.42 Å². The molecule has 20 heavy (non-hydrogen) atoms. The lowest BCUT2D eigenvalue weighted by molar-refractivity contribution is -0.136. The lowest BCUT2D eigenvalue weighted by Crippen LogP contribution is -2.45. The molecule has 6 nitrogen and oxygen atoms in total. The van der Waals surface area contributed by atoms with Crippen molar-refractivity contribution in [3.63, 3.8) is 0 Å². The highest BCUT2D eigenvalue weighted by Crippen LogP contribution is 2.24. The number of carbonyl (C=O) groups is 2. The molecule has 1 N–H and O–H groups in total. The van der Waals surface area contributed by atoms with Crippen LogP contribution in [0.2, 0.25) is 0 Å². The second kappa shape index (κ2) is 6.11. The van der Waals surface area contributed by atoms with Crippen LogP contribution in [0, 0.1) is 11.8 Å². The maximum Gasteiger partial charge on any atom is 0.226 e. The van der Waals surface area contributed by atoms with Gasteiger partial charge in [0, 0.05) is 26.6 Å². The highest BCUT2D eigenvalue weighted by atomic mass is 32.2. The van der Waals surface area contributed by atoms with Crippen molar-refractivity contribution in [2.24, 2.45) is 11.8 Å². The first-order valence-electron chi connectivity index (χ1n) is 7.11. The zero-order valence-corrected chi connectivity index (χ0v) is 12.6. The Bertz CT molecular complexity index is 489. The van der Waals surface area contributed by atoms with E-state index in [0.717, 1.165) is 12.8 Å². The van der Waals surface area contributed by atoms with Crippen molar-refractivity contribution in [2.45, 2.75) is 26.2 Å². The van der Waals surface area contributed by atoms with E-state index in [1.165, 1.54) is 6.92 Å². The smallest absolute Gasteiger partial charge is 0.226 e. The SMILES string of the molecule is CC(=O)NC[C@H]1CCCN(C(=O)[C@H]2CCS(=O)(=O)C2)C1. The molecule has 0 bridgehead atoms. The van der Waals surface area contributed by atoms with Gasteiger partial charge in [-0.1, -0.05) is 0 Å². The minimum absolute atomic E-state index is 0.00129. The number of hydrogen-bond acceptors (Lipinski definition) is 4. The summed E-state index contributed by atoms with van der Waals surface area (Å²) in [6, 6.07) is 0. The number of piperidine rings is 1. The van der Waals surface area contributed by atoms with E-state index in [-0.39, 0.29) is 35.2 Å². The fourth-order valence-electron chi connectivity index (χ4n) is 2.97. The number of nitrogens with one attached hydrogen (secondary N) is 1. The molecule has 2 saturated heterocycles. The second-order valence-corrected chi connectivity index (χ2v) is 8.06. The van der Waals surface area contributed by atoms with Crippen LogP contribution in [0.15, 0.2) is 0 Å². The van der Waals surface area contributed by atoms with Gasteiger partial charge in [0.25, 0.3) is 0 Å². The van der Waals surface area contributed by atoms with Gasteiger partial charge in [-0.15, -0.1) is 0 Å². The summed E-state index contributed by atoms with van der Waals surface area (Å²) in [5.74, 6) is -0.0475. The Morgan fingerprint density at radius 2 is 2.05 bits per heavy atom. The molecule has 0 radical (unpaired) electrons. The van der Waals surface area contributed by atoms with Crippen molar-refractivity contribution in [3.8, 4) is 0 Å². The first-order valence-corrected chi connectivity index (χ1v) is 8.93. The number of amides is 2. The Labute approximate surface area is 119 Å². The minimum Gasteiger partial charge on any atom is -0.356 e. The fraction of sp³-hybridized carbons (Fsp3) is 0.846. The van der Waals surface area contributed by atoms with Crippen LogP contribution in [-0.4, -0.2) is 56.3 Å². The predicted octanol–water partition coefficient (Wildman–Crippen LogP) is -0.204. The molecule has 2 fully saturated rings. The Kier molecular flexibility index (Phi) is 4.67. The highest BCUT2D eigenvalue weighted by Gasteiger charge is 2.36. The number of sulfone groups is 1. The Balaban J connectivity index is 1.88. The van der Waals surface area contributed by atoms with E-state index < -0.39 is 9.84 Å². The van der Waals surface area contributed by atoms with Gasteiger partial charge in [0.1, 0.15) is 0 Å². The molecule has 0 saturated carbocycles. The van der Waals surface area contributed by atoms with Gasteiger partial charge in [-0.3, -0.25) is 9.59 Å². The van der Waals surface area contributed by atoms with E-state index in [4.69, 9.17) is 0 Å². The summed E-state index contributed by atoms with van der Waals surface area (Å²) in [4.78, 5) is 25.0. The van der Waals surface area contributed by atoms with Gasteiger partial charge in [-0.2, -0.15) is 0 Å². The number of hydrogen-bond donors (Lipinski definition) is 1. The summed E-state index contributed by atoms with van der Waals surface area (Å²) in [7, 11) is -3.02. The molecule has 0 unspecified atom stereocenters. The monoisotopic (exact) mass is 302 g/mol. The van der Waals surface area contributed by atoms with Crippen LogP contribution in [0.4, 0.5) is 0 Å². The molecule has 114 valence electrons. The summed E-state index contributed by atoms with van der Waals surface area (Å²) in [6.45, 7) is 3.39. The van der Waals surface area contributed by atoms with Crippen LogP contribution in [0.3, 0.4) is 0 Å². The van der Waals surface area contributed by atoms with Crippen molar-refractivity contribution in [1.29, 1.82) is 0 Å². The van der Waals surface area contributed by atoms with E-state index in [1.807, 2.05) is 0 Å². The van der Waals surface area contributed by atoms with Crippen LogP contribution in [0.1, 0.15) is 26.2 Å². The number of carbonyl (C=O) groups excluding carboxylic acids is 2. The molecule has 2 amide bonds. The lowest BCUT2D eigenvalue weighted by atomic mass is 9.96. The number of likely N-dealkylation sites (tertiary alicyclic amines) is 1. The average molecular weight is 302 g/mol. The summed E-state index contributed by atoms with van der Waals surface area (Å²) in [6.07, 6.45) is 2.36. The molecule has 2 rings (SSSR count). The fourth-order valence-corrected chi connectivity index (χ4v) is 4.70. The first kappa shape index (κ1) is 15.3. The van der Waals surface area contributed by atoms with Crippen molar-refractivity contribution in [2.75, 3.05) is 31.1 Å². The second-order valence-electron chi connectivity index (χ2n) is 5.83. The van der Waals surface area contributed by atoms with E-state index >= 15 is 0 Å². The maximum absolute atomic E-state index is 12.3. The Morgan fingerprint density at radius 3 is 2.65 bits per heavy atom. The first-order chi connectivity index (χ1) is 9.37. The number of rotatable bonds is 3. The third kappa shape index (κ3) is 3.94. The van der Waals surface area contributed by atoms with Crippen molar-refractivity contribution in [1.82, 2.24) is 10.2 Å². The van der Waals surface area contributed by atoms with Crippen molar-refractivity contribution in [3.05, 3.63) is 0 Å². The summed E-state index contributed by atoms with van der Waals surface area (Å²) >= 11 is 0. The average Bonchev–Trinajstić information content (AvgIpc) is 2.76.